The molecule has 5 rings (SSSR count). The number of rotatable bonds is 7. The number of nitrogens with zero attached hydrogens (tertiary/aromatic N) is 5. The van der Waals surface area contributed by atoms with E-state index < -0.39 is 0 Å². The van der Waals surface area contributed by atoms with Crippen molar-refractivity contribution in [2.75, 3.05) is 69.4 Å². The molecule has 0 radical (unpaired) electrons. The van der Waals surface area contributed by atoms with Crippen LogP contribution in [0.1, 0.15) is 12.8 Å². The van der Waals surface area contributed by atoms with E-state index in [1.165, 1.54) is 6.33 Å². The largest absolute Gasteiger partial charge is 0.488 e. The molecule has 1 aromatic carbocycles. The average Bonchev–Trinajstić information content (AvgIpc) is 2.91. The second-order valence-electron chi connectivity index (χ2n) is 9.25. The fraction of sp³-hybridized carbons (Fsp3) is 0.423. The van der Waals surface area contributed by atoms with Gasteiger partial charge in [-0.2, -0.15) is 4.98 Å². The zero-order chi connectivity index (χ0) is 24.9. The fourth-order valence-corrected chi connectivity index (χ4v) is 4.56. The third kappa shape index (κ3) is 5.60. The molecule has 2 aromatic heterocycles. The lowest BCUT2D eigenvalue weighted by Crippen LogP contribution is -2.44. The van der Waals surface area contributed by atoms with E-state index in [0.29, 0.717) is 23.2 Å². The quantitative estimate of drug-likeness (QED) is 0.427. The maximum absolute atomic E-state index is 6.32. The summed E-state index contributed by atoms with van der Waals surface area (Å²) in [7, 11) is 3.79. The Morgan fingerprint density at radius 2 is 1.81 bits per heavy atom. The lowest BCUT2D eigenvalue weighted by molar-refractivity contribution is 0.163. The van der Waals surface area contributed by atoms with Crippen LogP contribution in [-0.4, -0.2) is 79.4 Å². The van der Waals surface area contributed by atoms with Crippen LogP contribution in [0.5, 0.6) is 11.6 Å². The van der Waals surface area contributed by atoms with Gasteiger partial charge in [-0.3, -0.25) is 0 Å². The van der Waals surface area contributed by atoms with Crippen LogP contribution in [0.25, 0.3) is 11.3 Å². The van der Waals surface area contributed by atoms with Gasteiger partial charge in [0.2, 0.25) is 5.88 Å². The summed E-state index contributed by atoms with van der Waals surface area (Å²) in [5.74, 6) is 2.60. The monoisotopic (exact) mass is 490 g/mol. The van der Waals surface area contributed by atoms with Gasteiger partial charge in [0.25, 0.3) is 0 Å². The van der Waals surface area contributed by atoms with E-state index in [0.717, 1.165) is 74.8 Å². The van der Waals surface area contributed by atoms with E-state index in [9.17, 15) is 0 Å². The number of hydrogen-bond donors (Lipinski definition) is 3. The fourth-order valence-electron chi connectivity index (χ4n) is 4.56. The van der Waals surface area contributed by atoms with Crippen molar-refractivity contribution in [1.29, 1.82) is 0 Å². The molecule has 10 nitrogen and oxygen atoms in total. The Morgan fingerprint density at radius 1 is 1.00 bits per heavy atom. The molecule has 0 spiro atoms. The lowest BCUT2D eigenvalue weighted by Gasteiger charge is -2.34. The maximum Gasteiger partial charge on any atom is 0.239 e. The van der Waals surface area contributed by atoms with Gasteiger partial charge in [-0.05, 0) is 63.3 Å². The number of hydrogen-bond acceptors (Lipinski definition) is 10. The van der Waals surface area contributed by atoms with Crippen molar-refractivity contribution in [1.82, 2.24) is 25.2 Å². The molecule has 4 heterocycles. The number of ether oxygens (including phenoxy) is 2. The van der Waals surface area contributed by atoms with Gasteiger partial charge in [-0.25, -0.2) is 9.97 Å². The highest BCUT2D eigenvalue weighted by molar-refractivity contribution is 5.71. The Kier molecular flexibility index (Phi) is 7.33. The summed E-state index contributed by atoms with van der Waals surface area (Å²) in [5.41, 5.74) is 9.58. The van der Waals surface area contributed by atoms with E-state index in [-0.39, 0.29) is 6.10 Å². The summed E-state index contributed by atoms with van der Waals surface area (Å²) in [6.45, 7) is 5.87. The molecule has 2 fully saturated rings. The first-order chi connectivity index (χ1) is 17.6. The molecule has 2 saturated heterocycles. The van der Waals surface area contributed by atoms with E-state index >= 15 is 0 Å². The summed E-state index contributed by atoms with van der Waals surface area (Å²) in [5, 5.41) is 6.62. The van der Waals surface area contributed by atoms with Crippen molar-refractivity contribution in [2.45, 2.75) is 18.9 Å². The molecule has 3 aromatic rings. The van der Waals surface area contributed by atoms with Gasteiger partial charge in [0.1, 0.15) is 35.5 Å². The van der Waals surface area contributed by atoms with Crippen LogP contribution in [0.3, 0.4) is 0 Å². The molecular weight excluding hydrogens is 456 g/mol. The number of likely N-dealkylation sites (N-methyl/N-ethyl adjacent to an activating group) is 1. The van der Waals surface area contributed by atoms with Gasteiger partial charge in [0.15, 0.2) is 0 Å². The van der Waals surface area contributed by atoms with Crippen LogP contribution in [-0.2, 0) is 0 Å². The number of piperidine rings is 1. The van der Waals surface area contributed by atoms with Crippen molar-refractivity contribution in [2.24, 2.45) is 0 Å². The third-order valence-corrected chi connectivity index (χ3v) is 6.69. The van der Waals surface area contributed by atoms with Gasteiger partial charge in [0.05, 0.1) is 18.5 Å². The molecule has 4 N–H and O–H groups in total. The Morgan fingerprint density at radius 3 is 2.56 bits per heavy atom. The maximum atomic E-state index is 6.32. The van der Waals surface area contributed by atoms with E-state index in [2.05, 4.69) is 42.4 Å². The second-order valence-corrected chi connectivity index (χ2v) is 9.25. The van der Waals surface area contributed by atoms with Crippen LogP contribution >= 0.6 is 0 Å². The summed E-state index contributed by atoms with van der Waals surface area (Å²) in [4.78, 5) is 18.1. The minimum absolute atomic E-state index is 0.196. The van der Waals surface area contributed by atoms with Gasteiger partial charge >= 0.3 is 0 Å². The summed E-state index contributed by atoms with van der Waals surface area (Å²) < 4.78 is 11.7. The topological polar surface area (TPSA) is 114 Å². The van der Waals surface area contributed by atoms with Crippen molar-refractivity contribution < 1.29 is 9.47 Å². The van der Waals surface area contributed by atoms with E-state index in [1.807, 2.05) is 36.4 Å². The molecule has 0 aliphatic carbocycles. The number of benzene rings is 1. The highest BCUT2D eigenvalue weighted by Crippen LogP contribution is 2.32. The van der Waals surface area contributed by atoms with Crippen LogP contribution in [0.4, 0.5) is 23.0 Å². The molecule has 0 unspecified atom stereocenters. The van der Waals surface area contributed by atoms with E-state index in [1.54, 1.807) is 7.11 Å². The number of aromatic nitrogens is 3. The molecule has 2 aliphatic heterocycles. The Hall–Kier alpha value is -3.63. The summed E-state index contributed by atoms with van der Waals surface area (Å²) >= 11 is 0. The van der Waals surface area contributed by atoms with Gasteiger partial charge < -0.3 is 35.6 Å². The highest BCUT2D eigenvalue weighted by Gasteiger charge is 2.19. The number of nitrogens with two attached hydrogens (primary N) is 1. The number of piperazine rings is 1. The Balaban J connectivity index is 1.29. The van der Waals surface area contributed by atoms with Crippen molar-refractivity contribution in [3.8, 4) is 22.9 Å². The minimum atomic E-state index is 0.196. The van der Waals surface area contributed by atoms with Crippen LogP contribution in [0, 0.1) is 0 Å². The van der Waals surface area contributed by atoms with Crippen LogP contribution in [0.15, 0.2) is 42.7 Å². The number of anilines is 4. The van der Waals surface area contributed by atoms with Crippen molar-refractivity contribution in [3.05, 3.63) is 42.7 Å². The van der Waals surface area contributed by atoms with Crippen molar-refractivity contribution in [3.63, 3.8) is 0 Å². The highest BCUT2D eigenvalue weighted by atomic mass is 16.5. The SMILES string of the molecule is COc1nc(Nc2cc(-c3ccc(OC4CCNCC4)c(N)c3)ncn2)ccc1N1CCN(C)CC1. The smallest absolute Gasteiger partial charge is 0.239 e. The molecule has 10 heteroatoms. The zero-order valence-electron chi connectivity index (χ0n) is 20.9. The molecule has 0 atom stereocenters. The first-order valence-corrected chi connectivity index (χ1v) is 12.4. The predicted molar refractivity (Wildman–Crippen MR) is 142 cm³/mol. The normalized spacial score (nSPS) is 17.1. The standard InChI is InChI=1S/C26H34N8O2/c1-33-11-13-34(14-12-33)22-4-6-24(32-26(22)35-2)31-25-16-21(29-17-30-25)18-3-5-23(20(27)15-18)36-19-7-9-28-10-8-19/h3-6,15-17,19,28H,7-14,27H2,1-2H3,(H,29,30,31,32). The first kappa shape index (κ1) is 24.1. The van der Waals surface area contributed by atoms with Crippen molar-refractivity contribution >= 4 is 23.0 Å². The number of methoxy groups -OCH3 is 1. The number of nitrogen functional groups attached to an aromatic ring is 1. The molecule has 190 valence electrons. The number of nitrogens with one attached hydrogen (secondary N) is 2. The summed E-state index contributed by atoms with van der Waals surface area (Å²) in [6, 6.07) is 11.7. The molecule has 2 aliphatic rings. The molecule has 0 bridgehead atoms. The van der Waals surface area contributed by atoms with Gasteiger partial charge in [0, 0.05) is 37.8 Å². The zero-order valence-corrected chi connectivity index (χ0v) is 20.9. The number of pyridine rings is 1. The Labute approximate surface area is 211 Å². The van der Waals surface area contributed by atoms with E-state index in [4.69, 9.17) is 15.2 Å². The molecule has 0 saturated carbocycles. The van der Waals surface area contributed by atoms with Gasteiger partial charge in [-0.1, -0.05) is 0 Å². The minimum Gasteiger partial charge on any atom is -0.488 e. The van der Waals surface area contributed by atoms with Crippen LogP contribution < -0.4 is 30.7 Å². The van der Waals surface area contributed by atoms with Gasteiger partial charge in [-0.15, -0.1) is 0 Å². The second kappa shape index (κ2) is 11.0. The molecular formula is C26H34N8O2. The Bertz CT molecular complexity index is 1180. The average molecular weight is 491 g/mol. The first-order valence-electron chi connectivity index (χ1n) is 12.4. The lowest BCUT2D eigenvalue weighted by atomic mass is 10.1. The predicted octanol–water partition coefficient (Wildman–Crippen LogP) is 2.76. The van der Waals surface area contributed by atoms with Crippen LogP contribution in [0.2, 0.25) is 0 Å². The summed E-state index contributed by atoms with van der Waals surface area (Å²) in [6.07, 6.45) is 3.69. The molecule has 0 amide bonds. The third-order valence-electron chi connectivity index (χ3n) is 6.69. The molecule has 36 heavy (non-hydrogen) atoms.